The van der Waals surface area contributed by atoms with Crippen molar-refractivity contribution in [2.45, 2.75) is 39.7 Å². The first-order valence-corrected chi connectivity index (χ1v) is 6.57. The number of fused-ring (bicyclic) bond motifs is 2. The van der Waals surface area contributed by atoms with Crippen molar-refractivity contribution in [3.8, 4) is 0 Å². The zero-order valence-electron chi connectivity index (χ0n) is 11.7. The number of nitrogens with one attached hydrogen (secondary N) is 1. The molecule has 0 aliphatic carbocycles. The highest BCUT2D eigenvalue weighted by molar-refractivity contribution is 6.29. The van der Waals surface area contributed by atoms with Crippen LogP contribution in [-0.2, 0) is 0 Å². The summed E-state index contributed by atoms with van der Waals surface area (Å²) in [6.45, 7) is 8.52. The van der Waals surface area contributed by atoms with Crippen molar-refractivity contribution in [2.24, 2.45) is 4.99 Å². The molecule has 0 fully saturated rings. The molecule has 4 nitrogen and oxygen atoms in total. The Bertz CT molecular complexity index is 646. The van der Waals surface area contributed by atoms with E-state index in [1.807, 2.05) is 20.8 Å². The van der Waals surface area contributed by atoms with Gasteiger partial charge in [-0.1, -0.05) is 0 Å². The first-order valence-electron chi connectivity index (χ1n) is 6.57. The van der Waals surface area contributed by atoms with E-state index in [1.54, 1.807) is 0 Å². The Morgan fingerprint density at radius 3 is 2.42 bits per heavy atom. The second-order valence-electron chi connectivity index (χ2n) is 5.54. The van der Waals surface area contributed by atoms with Gasteiger partial charge < -0.3 is 10.4 Å². The van der Waals surface area contributed by atoms with Crippen LogP contribution in [0.2, 0.25) is 0 Å². The lowest BCUT2D eigenvalue weighted by molar-refractivity contribution is 0.0595. The molecular formula is C15H18N2O2. The first kappa shape index (κ1) is 12.4. The summed E-state index contributed by atoms with van der Waals surface area (Å²) in [4.78, 5) is 16.9. The van der Waals surface area contributed by atoms with E-state index in [9.17, 15) is 9.90 Å². The van der Waals surface area contributed by atoms with Crippen LogP contribution in [0.4, 0.5) is 5.69 Å². The number of carbonyl (C=O) groups is 1. The van der Waals surface area contributed by atoms with Gasteiger partial charge in [0.2, 0.25) is 5.78 Å². The van der Waals surface area contributed by atoms with Gasteiger partial charge in [0.1, 0.15) is 5.84 Å². The number of rotatable bonds is 0. The quantitative estimate of drug-likeness (QED) is 0.748. The molecule has 2 aliphatic rings. The standard InChI is InChI=1S/C15H18N2O2/c1-7-8(2)10(4)12-11(9(7)3)13(18)15(19)5-6-16-14(15)17-12/h19H,5-6H2,1-4H3,(H,16,17). The molecule has 1 aromatic rings. The van der Waals surface area contributed by atoms with Gasteiger partial charge in [-0.3, -0.25) is 9.79 Å². The third-order valence-corrected chi connectivity index (χ3v) is 4.67. The van der Waals surface area contributed by atoms with Crippen molar-refractivity contribution in [3.05, 3.63) is 27.8 Å². The second kappa shape index (κ2) is 3.67. The predicted molar refractivity (Wildman–Crippen MR) is 75.2 cm³/mol. The molecule has 2 N–H and O–H groups in total. The largest absolute Gasteiger partial charge is 0.374 e. The van der Waals surface area contributed by atoms with E-state index < -0.39 is 5.60 Å². The van der Waals surface area contributed by atoms with Gasteiger partial charge in [-0.05, 0) is 49.9 Å². The van der Waals surface area contributed by atoms with Gasteiger partial charge in [0.15, 0.2) is 5.60 Å². The normalized spacial score (nSPS) is 24.7. The summed E-state index contributed by atoms with van der Waals surface area (Å²) in [5.74, 6) is 0.206. The topological polar surface area (TPSA) is 61.7 Å². The molecule has 0 bridgehead atoms. The number of anilines is 1. The van der Waals surface area contributed by atoms with Crippen LogP contribution < -0.4 is 5.32 Å². The van der Waals surface area contributed by atoms with Crippen LogP contribution in [0, 0.1) is 27.7 Å². The minimum absolute atomic E-state index is 0.207. The number of Topliss-reactive ketones (excluding diaryl/α,β-unsaturated/α-hetero) is 1. The summed E-state index contributed by atoms with van der Waals surface area (Å²) in [5, 5.41) is 13.7. The van der Waals surface area contributed by atoms with E-state index >= 15 is 0 Å². The summed E-state index contributed by atoms with van der Waals surface area (Å²) in [5.41, 5.74) is 4.32. The molecule has 3 rings (SSSR count). The minimum atomic E-state index is -1.44. The Balaban J connectivity index is 2.34. The Morgan fingerprint density at radius 1 is 1.11 bits per heavy atom. The van der Waals surface area contributed by atoms with Crippen LogP contribution in [0.25, 0.3) is 0 Å². The molecule has 0 radical (unpaired) electrons. The SMILES string of the molecule is Cc1c(C)c(C)c2c(c1C)NC1=NCCC1(O)C2=O. The second-order valence-corrected chi connectivity index (χ2v) is 5.54. The van der Waals surface area contributed by atoms with Crippen molar-refractivity contribution >= 4 is 17.3 Å². The number of aliphatic hydroxyl groups is 1. The van der Waals surface area contributed by atoms with E-state index in [0.717, 1.165) is 22.4 Å². The Kier molecular flexibility index (Phi) is 2.39. The van der Waals surface area contributed by atoms with E-state index in [-0.39, 0.29) is 5.78 Å². The number of aliphatic imine (C=N–C) groups is 1. The Hall–Kier alpha value is -1.68. The zero-order chi connectivity index (χ0) is 13.9. The van der Waals surface area contributed by atoms with Crippen molar-refractivity contribution in [1.82, 2.24) is 0 Å². The number of carbonyl (C=O) groups excluding carboxylic acids is 1. The monoisotopic (exact) mass is 258 g/mol. The molecule has 1 unspecified atom stereocenters. The zero-order valence-corrected chi connectivity index (χ0v) is 11.7. The van der Waals surface area contributed by atoms with Crippen molar-refractivity contribution in [3.63, 3.8) is 0 Å². The summed E-state index contributed by atoms with van der Waals surface area (Å²) in [7, 11) is 0. The fourth-order valence-corrected chi connectivity index (χ4v) is 3.02. The average molecular weight is 258 g/mol. The molecule has 0 aromatic heterocycles. The highest BCUT2D eigenvalue weighted by Gasteiger charge is 2.49. The van der Waals surface area contributed by atoms with Crippen LogP contribution >= 0.6 is 0 Å². The highest BCUT2D eigenvalue weighted by atomic mass is 16.3. The van der Waals surface area contributed by atoms with E-state index in [4.69, 9.17) is 0 Å². The molecule has 0 amide bonds. The summed E-state index contributed by atoms with van der Waals surface area (Å²) < 4.78 is 0. The number of benzene rings is 1. The Morgan fingerprint density at radius 2 is 1.74 bits per heavy atom. The van der Waals surface area contributed by atoms with E-state index in [0.29, 0.717) is 24.4 Å². The first-order chi connectivity index (χ1) is 8.88. The fraction of sp³-hybridized carbons (Fsp3) is 0.467. The summed E-state index contributed by atoms with van der Waals surface area (Å²) >= 11 is 0. The van der Waals surface area contributed by atoms with Gasteiger partial charge in [0, 0.05) is 18.5 Å². The van der Waals surface area contributed by atoms with E-state index in [1.165, 1.54) is 5.56 Å². The van der Waals surface area contributed by atoms with Crippen LogP contribution in [0.1, 0.15) is 39.0 Å². The molecule has 100 valence electrons. The molecule has 4 heteroatoms. The lowest BCUT2D eigenvalue weighted by Gasteiger charge is -2.33. The molecular weight excluding hydrogens is 240 g/mol. The van der Waals surface area contributed by atoms with Crippen LogP contribution in [0.15, 0.2) is 4.99 Å². The maximum Gasteiger partial charge on any atom is 0.204 e. The lowest BCUT2D eigenvalue weighted by Crippen LogP contribution is -2.51. The number of hydrogen-bond acceptors (Lipinski definition) is 4. The highest BCUT2D eigenvalue weighted by Crippen LogP contribution is 2.39. The third kappa shape index (κ3) is 1.38. The smallest absolute Gasteiger partial charge is 0.204 e. The summed E-state index contributed by atoms with van der Waals surface area (Å²) in [6, 6.07) is 0. The maximum atomic E-state index is 12.7. The van der Waals surface area contributed by atoms with Crippen molar-refractivity contribution in [1.29, 1.82) is 0 Å². The van der Waals surface area contributed by atoms with Crippen LogP contribution in [0.3, 0.4) is 0 Å². The number of nitrogens with zero attached hydrogens (tertiary/aromatic N) is 1. The van der Waals surface area contributed by atoms with Crippen molar-refractivity contribution < 1.29 is 9.90 Å². The predicted octanol–water partition coefficient (Wildman–Crippen LogP) is 2.06. The number of hydrogen-bond donors (Lipinski definition) is 2. The molecule has 2 aliphatic heterocycles. The molecule has 1 aromatic carbocycles. The molecule has 1 atom stereocenters. The van der Waals surface area contributed by atoms with Crippen molar-refractivity contribution in [2.75, 3.05) is 11.9 Å². The lowest BCUT2D eigenvalue weighted by atomic mass is 9.80. The molecule has 19 heavy (non-hydrogen) atoms. The van der Waals surface area contributed by atoms with Gasteiger partial charge in [-0.25, -0.2) is 0 Å². The van der Waals surface area contributed by atoms with Gasteiger partial charge >= 0.3 is 0 Å². The molecule has 0 saturated heterocycles. The van der Waals surface area contributed by atoms with Gasteiger partial charge in [0.05, 0.1) is 5.69 Å². The number of ketones is 1. The fourth-order valence-electron chi connectivity index (χ4n) is 3.02. The third-order valence-electron chi connectivity index (χ3n) is 4.67. The average Bonchev–Trinajstić information content (AvgIpc) is 2.76. The minimum Gasteiger partial charge on any atom is -0.374 e. The van der Waals surface area contributed by atoms with Gasteiger partial charge in [-0.15, -0.1) is 0 Å². The summed E-state index contributed by atoms with van der Waals surface area (Å²) in [6.07, 6.45) is 0.374. The van der Waals surface area contributed by atoms with Crippen LogP contribution in [-0.4, -0.2) is 28.9 Å². The number of amidine groups is 1. The molecule has 0 spiro atoms. The molecule has 0 saturated carbocycles. The van der Waals surface area contributed by atoms with Gasteiger partial charge in [0.25, 0.3) is 0 Å². The van der Waals surface area contributed by atoms with E-state index in [2.05, 4.69) is 17.2 Å². The Labute approximate surface area is 112 Å². The molecule has 2 heterocycles. The maximum absolute atomic E-state index is 12.7. The van der Waals surface area contributed by atoms with Gasteiger partial charge in [-0.2, -0.15) is 0 Å². The van der Waals surface area contributed by atoms with Crippen LogP contribution in [0.5, 0.6) is 0 Å².